The minimum Gasteiger partial charge on any atom is -0.457 e. The van der Waals surface area contributed by atoms with Crippen molar-refractivity contribution in [2.45, 2.75) is 17.8 Å². The minimum atomic E-state index is 0.744. The van der Waals surface area contributed by atoms with Crippen molar-refractivity contribution in [1.29, 1.82) is 0 Å². The Kier molecular flexibility index (Phi) is 6.02. The Balaban J connectivity index is 1.48. The molecule has 6 heteroatoms. The van der Waals surface area contributed by atoms with E-state index in [0.717, 1.165) is 33.8 Å². The summed E-state index contributed by atoms with van der Waals surface area (Å²) in [6.45, 7) is 1.89. The molecule has 5 nitrogen and oxygen atoms in total. The zero-order valence-electron chi connectivity index (χ0n) is 16.0. The zero-order valence-corrected chi connectivity index (χ0v) is 16.8. The molecule has 1 aromatic heterocycles. The van der Waals surface area contributed by atoms with Gasteiger partial charge in [-0.05, 0) is 42.3 Å². The molecule has 144 valence electrons. The van der Waals surface area contributed by atoms with Gasteiger partial charge in [-0.1, -0.05) is 72.4 Å². The van der Waals surface area contributed by atoms with Gasteiger partial charge < -0.3 is 4.74 Å². The number of hydrogen-bond acceptors (Lipinski definition) is 5. The Morgan fingerprint density at radius 2 is 1.62 bits per heavy atom. The van der Waals surface area contributed by atoms with Gasteiger partial charge in [-0.15, -0.1) is 10.2 Å². The second-order valence-electron chi connectivity index (χ2n) is 6.35. The molecule has 3 aromatic carbocycles. The van der Waals surface area contributed by atoms with Gasteiger partial charge in [0.05, 0.1) is 6.21 Å². The molecule has 4 aromatic rings. The summed E-state index contributed by atoms with van der Waals surface area (Å²) in [7, 11) is 0. The fourth-order valence-electron chi connectivity index (χ4n) is 2.69. The summed E-state index contributed by atoms with van der Waals surface area (Å²) in [5, 5.41) is 13.8. The van der Waals surface area contributed by atoms with Crippen molar-refractivity contribution in [3.63, 3.8) is 0 Å². The van der Waals surface area contributed by atoms with Crippen molar-refractivity contribution in [2.75, 3.05) is 0 Å². The molecule has 0 aliphatic rings. The van der Waals surface area contributed by atoms with Crippen LogP contribution in [-0.2, 0) is 5.75 Å². The Morgan fingerprint density at radius 3 is 2.41 bits per heavy atom. The van der Waals surface area contributed by atoms with Gasteiger partial charge >= 0.3 is 0 Å². The van der Waals surface area contributed by atoms with Crippen LogP contribution in [-0.4, -0.2) is 21.1 Å². The molecule has 0 aliphatic carbocycles. The number of hydrogen-bond donors (Lipinski definition) is 0. The predicted octanol–water partition coefficient (Wildman–Crippen LogP) is 5.55. The second kappa shape index (κ2) is 9.21. The number of para-hydroxylation sites is 1. The van der Waals surface area contributed by atoms with Gasteiger partial charge in [0.1, 0.15) is 11.5 Å². The van der Waals surface area contributed by atoms with Crippen LogP contribution < -0.4 is 4.74 Å². The standard InChI is InChI=1S/C23H20N4OS/c1-18-25-26-23(29-17-19-9-4-2-5-10-19)27(18)24-16-20-11-8-14-22(15-20)28-21-12-6-3-7-13-21/h2-16H,17H2,1H3/b24-16-. The summed E-state index contributed by atoms with van der Waals surface area (Å²) in [5.41, 5.74) is 2.17. The lowest BCUT2D eigenvalue weighted by atomic mass is 10.2. The number of ether oxygens (including phenoxy) is 1. The monoisotopic (exact) mass is 400 g/mol. The van der Waals surface area contributed by atoms with E-state index in [-0.39, 0.29) is 0 Å². The Hall–Kier alpha value is -3.38. The van der Waals surface area contributed by atoms with Crippen LogP contribution in [0.2, 0.25) is 0 Å². The van der Waals surface area contributed by atoms with Gasteiger partial charge in [-0.3, -0.25) is 0 Å². The maximum atomic E-state index is 5.89. The molecule has 0 spiro atoms. The Labute approximate surface area is 174 Å². The molecule has 0 saturated carbocycles. The first-order chi connectivity index (χ1) is 14.3. The van der Waals surface area contributed by atoms with Gasteiger partial charge in [0.25, 0.3) is 0 Å². The number of aromatic nitrogens is 3. The smallest absolute Gasteiger partial charge is 0.212 e. The van der Waals surface area contributed by atoms with Crippen LogP contribution in [0.1, 0.15) is 17.0 Å². The third-order valence-electron chi connectivity index (χ3n) is 4.14. The molecule has 0 saturated heterocycles. The van der Waals surface area contributed by atoms with Crippen molar-refractivity contribution in [2.24, 2.45) is 5.10 Å². The molecule has 0 aliphatic heterocycles. The molecule has 0 bridgehead atoms. The summed E-state index contributed by atoms with van der Waals surface area (Å²) >= 11 is 1.61. The van der Waals surface area contributed by atoms with Crippen LogP contribution in [0, 0.1) is 6.92 Å². The molecule has 0 fully saturated rings. The summed E-state index contributed by atoms with van der Waals surface area (Å²) in [4.78, 5) is 0. The molecule has 29 heavy (non-hydrogen) atoms. The lowest BCUT2D eigenvalue weighted by Gasteiger charge is -2.06. The minimum absolute atomic E-state index is 0.744. The number of benzene rings is 3. The van der Waals surface area contributed by atoms with Crippen molar-refractivity contribution >= 4 is 18.0 Å². The number of thioether (sulfide) groups is 1. The van der Waals surface area contributed by atoms with E-state index in [0.29, 0.717) is 0 Å². The molecule has 1 heterocycles. The van der Waals surface area contributed by atoms with Gasteiger partial charge in [0.2, 0.25) is 5.16 Å². The van der Waals surface area contributed by atoms with E-state index >= 15 is 0 Å². The molecule has 0 N–H and O–H groups in total. The summed E-state index contributed by atoms with van der Waals surface area (Å²) in [6.07, 6.45) is 1.79. The van der Waals surface area contributed by atoms with E-state index in [1.807, 2.05) is 79.7 Å². The van der Waals surface area contributed by atoms with Crippen LogP contribution in [0.25, 0.3) is 0 Å². The average Bonchev–Trinajstić information content (AvgIpc) is 3.12. The van der Waals surface area contributed by atoms with Crippen molar-refractivity contribution in [3.05, 3.63) is 102 Å². The Bertz CT molecular complexity index is 1090. The van der Waals surface area contributed by atoms with E-state index < -0.39 is 0 Å². The fourth-order valence-corrected chi connectivity index (χ4v) is 3.58. The first kappa shape index (κ1) is 19.0. The maximum absolute atomic E-state index is 5.89. The summed E-state index contributed by atoms with van der Waals surface area (Å²) < 4.78 is 7.66. The molecular formula is C23H20N4OS. The van der Waals surface area contributed by atoms with Crippen LogP contribution in [0.15, 0.2) is 95.2 Å². The van der Waals surface area contributed by atoms with E-state index in [9.17, 15) is 0 Å². The summed E-state index contributed by atoms with van der Waals surface area (Å²) in [5.74, 6) is 3.12. The lowest BCUT2D eigenvalue weighted by molar-refractivity contribution is 0.482. The van der Waals surface area contributed by atoms with Crippen molar-refractivity contribution in [3.8, 4) is 11.5 Å². The third-order valence-corrected chi connectivity index (χ3v) is 5.13. The number of rotatable bonds is 7. The van der Waals surface area contributed by atoms with Gasteiger partial charge in [0, 0.05) is 5.75 Å². The molecule has 0 atom stereocenters. The van der Waals surface area contributed by atoms with Crippen LogP contribution in [0.4, 0.5) is 0 Å². The number of aryl methyl sites for hydroxylation is 1. The van der Waals surface area contributed by atoms with E-state index in [1.165, 1.54) is 5.56 Å². The van der Waals surface area contributed by atoms with E-state index in [4.69, 9.17) is 4.74 Å². The van der Waals surface area contributed by atoms with E-state index in [1.54, 1.807) is 22.7 Å². The first-order valence-corrected chi connectivity index (χ1v) is 10.2. The largest absolute Gasteiger partial charge is 0.457 e. The third kappa shape index (κ3) is 5.12. The fraction of sp³-hybridized carbons (Fsp3) is 0.0870. The normalized spacial score (nSPS) is 11.1. The zero-order chi connectivity index (χ0) is 19.9. The topological polar surface area (TPSA) is 52.3 Å². The highest BCUT2D eigenvalue weighted by Crippen LogP contribution is 2.23. The first-order valence-electron chi connectivity index (χ1n) is 9.24. The second-order valence-corrected chi connectivity index (χ2v) is 7.29. The highest BCUT2D eigenvalue weighted by Gasteiger charge is 2.08. The predicted molar refractivity (Wildman–Crippen MR) is 117 cm³/mol. The molecule has 0 amide bonds. The van der Waals surface area contributed by atoms with Crippen LogP contribution in [0.5, 0.6) is 11.5 Å². The number of nitrogens with zero attached hydrogens (tertiary/aromatic N) is 4. The summed E-state index contributed by atoms with van der Waals surface area (Å²) in [6, 6.07) is 27.8. The molecule has 0 unspecified atom stereocenters. The average molecular weight is 401 g/mol. The van der Waals surface area contributed by atoms with Gasteiger partial charge in [-0.2, -0.15) is 9.78 Å². The molecule has 4 rings (SSSR count). The van der Waals surface area contributed by atoms with Crippen molar-refractivity contribution < 1.29 is 4.74 Å². The van der Waals surface area contributed by atoms with Crippen molar-refractivity contribution in [1.82, 2.24) is 14.9 Å². The van der Waals surface area contributed by atoms with Crippen LogP contribution >= 0.6 is 11.8 Å². The molecular weight excluding hydrogens is 380 g/mol. The van der Waals surface area contributed by atoms with Crippen LogP contribution in [0.3, 0.4) is 0 Å². The van der Waals surface area contributed by atoms with Gasteiger partial charge in [-0.25, -0.2) is 0 Å². The van der Waals surface area contributed by atoms with Gasteiger partial charge in [0.15, 0.2) is 5.82 Å². The maximum Gasteiger partial charge on any atom is 0.212 e. The highest BCUT2D eigenvalue weighted by molar-refractivity contribution is 7.98. The van der Waals surface area contributed by atoms with E-state index in [2.05, 4.69) is 27.4 Å². The Morgan fingerprint density at radius 1 is 0.897 bits per heavy atom. The quantitative estimate of drug-likeness (QED) is 0.301. The lowest BCUT2D eigenvalue weighted by Crippen LogP contribution is -1.96. The highest BCUT2D eigenvalue weighted by atomic mass is 32.2. The molecule has 0 radical (unpaired) electrons. The SMILES string of the molecule is Cc1nnc(SCc2ccccc2)n1/N=C\c1cccc(Oc2ccccc2)c1.